The van der Waals surface area contributed by atoms with E-state index < -0.39 is 0 Å². The second kappa shape index (κ2) is 9.63. The largest absolute Gasteiger partial charge is 0.497 e. The summed E-state index contributed by atoms with van der Waals surface area (Å²) >= 11 is 0. The van der Waals surface area contributed by atoms with Crippen LogP contribution in [0.15, 0.2) is 48.5 Å². The molecule has 4 nitrogen and oxygen atoms in total. The monoisotopic (exact) mass is 382 g/mol. The van der Waals surface area contributed by atoms with E-state index >= 15 is 0 Å². The third-order valence-electron chi connectivity index (χ3n) is 5.64. The summed E-state index contributed by atoms with van der Waals surface area (Å²) in [5.74, 6) is 2.61. The van der Waals surface area contributed by atoms with Gasteiger partial charge in [0.2, 0.25) is 0 Å². The highest BCUT2D eigenvalue weighted by atomic mass is 16.5. The number of rotatable bonds is 8. The molecule has 3 rings (SSSR count). The Morgan fingerprint density at radius 1 is 1.07 bits per heavy atom. The summed E-state index contributed by atoms with van der Waals surface area (Å²) in [6.07, 6.45) is 4.18. The molecular weight excluding hydrogens is 352 g/mol. The first kappa shape index (κ1) is 20.2. The maximum absolute atomic E-state index is 11.6. The van der Waals surface area contributed by atoms with E-state index in [1.807, 2.05) is 37.3 Å². The third-order valence-corrected chi connectivity index (χ3v) is 5.64. The summed E-state index contributed by atoms with van der Waals surface area (Å²) in [4.78, 5) is 11.6. The van der Waals surface area contributed by atoms with Crippen molar-refractivity contribution in [3.8, 4) is 11.5 Å². The molecule has 1 saturated carbocycles. The summed E-state index contributed by atoms with van der Waals surface area (Å²) in [5, 5.41) is 0. The number of hydrogen-bond donors (Lipinski definition) is 0. The molecule has 0 radical (unpaired) electrons. The summed E-state index contributed by atoms with van der Waals surface area (Å²) in [6, 6.07) is 16.5. The number of methoxy groups -OCH3 is 2. The molecule has 0 amide bonds. The van der Waals surface area contributed by atoms with Crippen molar-refractivity contribution in [2.45, 2.75) is 38.5 Å². The number of hydrogen-bond acceptors (Lipinski definition) is 4. The minimum absolute atomic E-state index is 0.154. The predicted octanol–water partition coefficient (Wildman–Crippen LogP) is 5.01. The van der Waals surface area contributed by atoms with Crippen molar-refractivity contribution in [2.75, 3.05) is 20.8 Å². The molecule has 0 saturated heterocycles. The Labute approximate surface area is 167 Å². The lowest BCUT2D eigenvalue weighted by atomic mass is 9.96. The van der Waals surface area contributed by atoms with Crippen LogP contribution in [0.3, 0.4) is 0 Å². The molecule has 1 aliphatic rings. The van der Waals surface area contributed by atoms with Crippen LogP contribution in [0.5, 0.6) is 11.5 Å². The number of carbonyl (C=O) groups excluding carboxylic acids is 1. The zero-order valence-corrected chi connectivity index (χ0v) is 17.0. The van der Waals surface area contributed by atoms with Crippen molar-refractivity contribution >= 4 is 5.97 Å². The van der Waals surface area contributed by atoms with Crippen molar-refractivity contribution in [3.63, 3.8) is 0 Å². The average molecular weight is 383 g/mol. The Hall–Kier alpha value is -2.49. The highest BCUT2D eigenvalue weighted by Gasteiger charge is 2.26. The summed E-state index contributed by atoms with van der Waals surface area (Å²) in [5.41, 5.74) is 2.46. The molecule has 0 N–H and O–H groups in total. The van der Waals surface area contributed by atoms with Crippen molar-refractivity contribution < 1.29 is 19.0 Å². The molecule has 28 heavy (non-hydrogen) atoms. The van der Waals surface area contributed by atoms with Gasteiger partial charge < -0.3 is 14.2 Å². The molecule has 2 unspecified atom stereocenters. The lowest BCUT2D eigenvalue weighted by Crippen LogP contribution is -2.15. The van der Waals surface area contributed by atoms with Gasteiger partial charge in [0.05, 0.1) is 26.7 Å². The summed E-state index contributed by atoms with van der Waals surface area (Å²) < 4.78 is 16.3. The summed E-state index contributed by atoms with van der Waals surface area (Å²) in [7, 11) is 3.14. The Morgan fingerprint density at radius 2 is 1.86 bits per heavy atom. The third kappa shape index (κ3) is 5.28. The van der Waals surface area contributed by atoms with Crippen molar-refractivity contribution in [1.82, 2.24) is 0 Å². The number of benzene rings is 2. The van der Waals surface area contributed by atoms with E-state index in [1.54, 1.807) is 7.11 Å². The predicted molar refractivity (Wildman–Crippen MR) is 110 cm³/mol. The average Bonchev–Trinajstić information content (AvgIpc) is 3.21. The van der Waals surface area contributed by atoms with Crippen molar-refractivity contribution in [3.05, 3.63) is 59.7 Å². The SMILES string of the molecule is COC(=O)[C@@H](C)Cc1cccc(OCC2CCC(c3cccc(OC)c3)C2)c1. The smallest absolute Gasteiger partial charge is 0.308 e. The van der Waals surface area contributed by atoms with Gasteiger partial charge in [0.15, 0.2) is 0 Å². The Kier molecular flexibility index (Phi) is 6.96. The van der Waals surface area contributed by atoms with E-state index in [0.717, 1.165) is 30.1 Å². The van der Waals surface area contributed by atoms with Gasteiger partial charge in [0, 0.05) is 0 Å². The van der Waals surface area contributed by atoms with Gasteiger partial charge in [0.25, 0.3) is 0 Å². The topological polar surface area (TPSA) is 44.8 Å². The van der Waals surface area contributed by atoms with Crippen molar-refractivity contribution in [2.24, 2.45) is 11.8 Å². The molecule has 0 spiro atoms. The van der Waals surface area contributed by atoms with Gasteiger partial charge in [-0.05, 0) is 72.9 Å². The maximum Gasteiger partial charge on any atom is 0.308 e. The van der Waals surface area contributed by atoms with Crippen LogP contribution in [0.2, 0.25) is 0 Å². The second-order valence-electron chi connectivity index (χ2n) is 7.74. The molecule has 4 heteroatoms. The maximum atomic E-state index is 11.6. The fraction of sp³-hybridized carbons (Fsp3) is 0.458. The van der Waals surface area contributed by atoms with Crippen molar-refractivity contribution in [1.29, 1.82) is 0 Å². The molecular formula is C24H30O4. The first-order valence-corrected chi connectivity index (χ1v) is 10.0. The highest BCUT2D eigenvalue weighted by Crippen LogP contribution is 2.39. The van der Waals surface area contributed by atoms with Crippen LogP contribution in [0, 0.1) is 11.8 Å². The lowest BCUT2D eigenvalue weighted by molar-refractivity contribution is -0.144. The number of carbonyl (C=O) groups is 1. The van der Waals surface area contributed by atoms with Gasteiger partial charge in [-0.25, -0.2) is 0 Å². The van der Waals surface area contributed by atoms with Gasteiger partial charge in [-0.1, -0.05) is 31.2 Å². The standard InChI is InChI=1S/C24H30O4/c1-17(24(25)27-3)12-18-6-4-9-23(14-18)28-16-19-10-11-21(13-19)20-7-5-8-22(15-20)26-2/h4-9,14-15,17,19,21H,10-13,16H2,1-3H3/t17-,19?,21?/m0/s1. The zero-order valence-electron chi connectivity index (χ0n) is 17.0. The second-order valence-corrected chi connectivity index (χ2v) is 7.74. The Bertz CT molecular complexity index is 786. The molecule has 0 bridgehead atoms. The molecule has 3 atom stereocenters. The van der Waals surface area contributed by atoms with Crippen LogP contribution < -0.4 is 9.47 Å². The van der Waals surface area contributed by atoms with E-state index in [-0.39, 0.29) is 11.9 Å². The minimum Gasteiger partial charge on any atom is -0.497 e. The Morgan fingerprint density at radius 3 is 2.64 bits per heavy atom. The number of ether oxygens (including phenoxy) is 3. The van der Waals surface area contributed by atoms with Crippen LogP contribution >= 0.6 is 0 Å². The highest BCUT2D eigenvalue weighted by molar-refractivity contribution is 5.72. The summed E-state index contributed by atoms with van der Waals surface area (Å²) in [6.45, 7) is 2.62. The molecule has 150 valence electrons. The molecule has 0 aliphatic heterocycles. The normalized spacial score (nSPS) is 19.8. The van der Waals surface area contributed by atoms with Crippen LogP contribution in [0.1, 0.15) is 43.2 Å². The van der Waals surface area contributed by atoms with E-state index in [1.165, 1.54) is 25.5 Å². The van der Waals surface area contributed by atoms with Gasteiger partial charge >= 0.3 is 5.97 Å². The molecule has 1 fully saturated rings. The fourth-order valence-corrected chi connectivity index (χ4v) is 4.04. The van der Waals surface area contributed by atoms with Gasteiger partial charge in [-0.3, -0.25) is 4.79 Å². The van der Waals surface area contributed by atoms with E-state index in [2.05, 4.69) is 18.2 Å². The molecule has 2 aromatic rings. The quantitative estimate of drug-likeness (QED) is 0.602. The van der Waals surface area contributed by atoms with E-state index in [9.17, 15) is 4.79 Å². The van der Waals surface area contributed by atoms with Crippen LogP contribution in [0.4, 0.5) is 0 Å². The van der Waals surface area contributed by atoms with Gasteiger partial charge in [-0.15, -0.1) is 0 Å². The molecule has 0 aromatic heterocycles. The molecule has 1 aliphatic carbocycles. The Balaban J connectivity index is 1.52. The first-order chi connectivity index (χ1) is 13.6. The van der Waals surface area contributed by atoms with E-state index in [0.29, 0.717) is 18.3 Å². The zero-order chi connectivity index (χ0) is 19.9. The van der Waals surface area contributed by atoms with Gasteiger partial charge in [0.1, 0.15) is 11.5 Å². The van der Waals surface area contributed by atoms with E-state index in [4.69, 9.17) is 14.2 Å². The van der Waals surface area contributed by atoms with Crippen LogP contribution in [0.25, 0.3) is 0 Å². The van der Waals surface area contributed by atoms with Gasteiger partial charge in [-0.2, -0.15) is 0 Å². The molecule has 2 aromatic carbocycles. The van der Waals surface area contributed by atoms with Crippen LogP contribution in [-0.4, -0.2) is 26.8 Å². The van der Waals surface area contributed by atoms with Crippen LogP contribution in [-0.2, 0) is 16.0 Å². The molecule has 0 heterocycles. The minimum atomic E-state index is -0.180. The number of esters is 1. The fourth-order valence-electron chi connectivity index (χ4n) is 4.04. The lowest BCUT2D eigenvalue weighted by Gasteiger charge is -2.15. The first-order valence-electron chi connectivity index (χ1n) is 10.0.